The zero-order valence-electron chi connectivity index (χ0n) is 13.2. The topological polar surface area (TPSA) is 59.9 Å². The number of aromatic amines is 1. The van der Waals surface area contributed by atoms with Crippen molar-refractivity contribution >= 4 is 35.1 Å². The van der Waals surface area contributed by atoms with Crippen LogP contribution in [0.15, 0.2) is 39.1 Å². The van der Waals surface area contributed by atoms with Gasteiger partial charge in [0.1, 0.15) is 0 Å². The summed E-state index contributed by atoms with van der Waals surface area (Å²) in [7, 11) is 0. The zero-order chi connectivity index (χ0) is 16.8. The summed E-state index contributed by atoms with van der Waals surface area (Å²) < 4.78 is 7.31. The van der Waals surface area contributed by atoms with Crippen LogP contribution < -0.4 is 5.69 Å². The number of aromatic nitrogens is 3. The molecule has 0 aliphatic carbocycles. The van der Waals surface area contributed by atoms with Gasteiger partial charge in [0.25, 0.3) is 0 Å². The van der Waals surface area contributed by atoms with E-state index in [0.717, 1.165) is 52.4 Å². The first-order valence-electron chi connectivity index (χ1n) is 8.01. The maximum Gasteiger partial charge on any atom is 0.344 e. The van der Waals surface area contributed by atoms with Gasteiger partial charge in [0, 0.05) is 17.3 Å². The number of halogens is 1. The third-order valence-corrected chi connectivity index (χ3v) is 6.41. The largest absolute Gasteiger partial charge is 0.376 e. The van der Waals surface area contributed by atoms with E-state index in [4.69, 9.17) is 16.3 Å². The van der Waals surface area contributed by atoms with Gasteiger partial charge in [-0.3, -0.25) is 4.57 Å². The minimum absolute atomic E-state index is 0.135. The van der Waals surface area contributed by atoms with E-state index < -0.39 is 0 Å². The van der Waals surface area contributed by atoms with Crippen molar-refractivity contribution in [1.82, 2.24) is 14.8 Å². The Morgan fingerprint density at radius 2 is 2.17 bits per heavy atom. The van der Waals surface area contributed by atoms with Crippen molar-refractivity contribution in [2.45, 2.75) is 42.0 Å². The fourth-order valence-electron chi connectivity index (χ4n) is 2.53. The molecule has 1 saturated heterocycles. The Morgan fingerprint density at radius 3 is 2.96 bits per heavy atom. The Morgan fingerprint density at radius 1 is 1.33 bits per heavy atom. The van der Waals surface area contributed by atoms with E-state index in [-0.39, 0.29) is 11.8 Å². The molecule has 0 unspecified atom stereocenters. The van der Waals surface area contributed by atoms with Crippen LogP contribution in [0.1, 0.15) is 19.3 Å². The first-order valence-corrected chi connectivity index (χ1v) is 10.4. The van der Waals surface area contributed by atoms with Gasteiger partial charge in [-0.15, -0.1) is 16.9 Å². The summed E-state index contributed by atoms with van der Waals surface area (Å²) in [5.41, 5.74) is -0.154. The van der Waals surface area contributed by atoms with Gasteiger partial charge in [0.2, 0.25) is 0 Å². The average Bonchev–Trinajstić information content (AvgIpc) is 3.21. The second kappa shape index (κ2) is 8.99. The molecule has 0 spiro atoms. The fraction of sp³-hybridized carbons (Fsp3) is 0.500. The molecule has 5 nitrogen and oxygen atoms in total. The maximum absolute atomic E-state index is 11.9. The molecule has 2 aromatic rings. The number of nitrogens with zero attached hydrogens (tertiary/aromatic N) is 2. The Labute approximate surface area is 154 Å². The molecule has 3 rings (SSSR count). The van der Waals surface area contributed by atoms with Gasteiger partial charge in [-0.2, -0.15) is 0 Å². The van der Waals surface area contributed by atoms with Gasteiger partial charge < -0.3 is 4.74 Å². The van der Waals surface area contributed by atoms with E-state index in [9.17, 15) is 4.79 Å². The van der Waals surface area contributed by atoms with Crippen molar-refractivity contribution in [1.29, 1.82) is 0 Å². The smallest absolute Gasteiger partial charge is 0.344 e. The van der Waals surface area contributed by atoms with Crippen LogP contribution in [0.25, 0.3) is 0 Å². The molecular weight excluding hydrogens is 366 g/mol. The Kier molecular flexibility index (Phi) is 6.71. The van der Waals surface area contributed by atoms with Crippen molar-refractivity contribution < 1.29 is 4.74 Å². The van der Waals surface area contributed by atoms with E-state index >= 15 is 0 Å². The lowest BCUT2D eigenvalue weighted by molar-refractivity contribution is 0.0941. The van der Waals surface area contributed by atoms with Crippen molar-refractivity contribution in [3.05, 3.63) is 39.8 Å². The van der Waals surface area contributed by atoms with Gasteiger partial charge in [-0.05, 0) is 37.1 Å². The number of nitrogens with one attached hydrogen (secondary N) is 1. The normalized spacial score (nSPS) is 17.5. The first kappa shape index (κ1) is 17.9. The lowest BCUT2D eigenvalue weighted by Crippen LogP contribution is -2.25. The fourth-order valence-corrected chi connectivity index (χ4v) is 4.80. The van der Waals surface area contributed by atoms with E-state index in [0.29, 0.717) is 6.54 Å². The molecule has 0 amide bonds. The molecule has 1 aromatic carbocycles. The van der Waals surface area contributed by atoms with Crippen LogP contribution in [0.5, 0.6) is 0 Å². The number of thioether (sulfide) groups is 2. The number of benzene rings is 1. The molecule has 1 N–H and O–H groups in total. The molecule has 1 atom stereocenters. The Hall–Kier alpha value is -0.890. The van der Waals surface area contributed by atoms with E-state index in [1.807, 2.05) is 24.3 Å². The molecule has 1 fully saturated rings. The molecule has 2 heterocycles. The summed E-state index contributed by atoms with van der Waals surface area (Å²) in [5.74, 6) is 1.89. The molecule has 0 bridgehead atoms. The van der Waals surface area contributed by atoms with E-state index in [1.54, 1.807) is 28.1 Å². The highest BCUT2D eigenvalue weighted by Crippen LogP contribution is 2.27. The zero-order valence-corrected chi connectivity index (χ0v) is 15.6. The van der Waals surface area contributed by atoms with Crippen LogP contribution in [0, 0.1) is 0 Å². The molecule has 0 radical (unpaired) electrons. The van der Waals surface area contributed by atoms with Crippen LogP contribution in [0.4, 0.5) is 0 Å². The summed E-state index contributed by atoms with van der Waals surface area (Å²) in [5, 5.41) is 8.22. The highest BCUT2D eigenvalue weighted by Gasteiger charge is 2.19. The molecule has 1 aromatic heterocycles. The molecule has 8 heteroatoms. The highest BCUT2D eigenvalue weighted by atomic mass is 35.5. The standard InChI is InChI=1S/C16H20ClN3O2S2/c17-13-6-1-2-7-14(13)23-9-4-10-24-16-19-18-15(21)20(16)11-12-5-3-8-22-12/h1-2,6-7,12H,3-5,8-11H2,(H,18,21)/t12-/m1/s1. The van der Waals surface area contributed by atoms with Crippen LogP contribution in [-0.4, -0.2) is 39.0 Å². The van der Waals surface area contributed by atoms with E-state index in [2.05, 4.69) is 10.2 Å². The maximum atomic E-state index is 11.9. The van der Waals surface area contributed by atoms with Crippen molar-refractivity contribution in [3.8, 4) is 0 Å². The average molecular weight is 386 g/mol. The molecule has 1 aliphatic rings. The summed E-state index contributed by atoms with van der Waals surface area (Å²) in [6.07, 6.45) is 3.23. The lowest BCUT2D eigenvalue weighted by atomic mass is 10.2. The van der Waals surface area contributed by atoms with Gasteiger partial charge in [-0.25, -0.2) is 9.89 Å². The van der Waals surface area contributed by atoms with Crippen LogP contribution in [0.2, 0.25) is 5.02 Å². The van der Waals surface area contributed by atoms with Gasteiger partial charge in [0.15, 0.2) is 5.16 Å². The molecule has 130 valence electrons. The molecule has 0 saturated carbocycles. The second-order valence-electron chi connectivity index (χ2n) is 5.54. The highest BCUT2D eigenvalue weighted by molar-refractivity contribution is 8.00. The van der Waals surface area contributed by atoms with Gasteiger partial charge >= 0.3 is 5.69 Å². The number of hydrogen-bond donors (Lipinski definition) is 1. The number of ether oxygens (including phenoxy) is 1. The Balaban J connectivity index is 1.45. The summed E-state index contributed by atoms with van der Waals surface area (Å²) in [6.45, 7) is 1.38. The minimum Gasteiger partial charge on any atom is -0.376 e. The third kappa shape index (κ3) is 4.81. The van der Waals surface area contributed by atoms with Crippen molar-refractivity contribution in [2.24, 2.45) is 0 Å². The lowest BCUT2D eigenvalue weighted by Gasteiger charge is -2.10. The predicted molar refractivity (Wildman–Crippen MR) is 99.3 cm³/mol. The van der Waals surface area contributed by atoms with Crippen LogP contribution in [0.3, 0.4) is 0 Å². The van der Waals surface area contributed by atoms with E-state index in [1.165, 1.54) is 0 Å². The minimum atomic E-state index is -0.154. The number of hydrogen-bond acceptors (Lipinski definition) is 5. The summed E-state index contributed by atoms with van der Waals surface area (Å²) in [6, 6.07) is 7.88. The predicted octanol–water partition coefficient (Wildman–Crippen LogP) is 3.68. The van der Waals surface area contributed by atoms with Crippen LogP contribution in [-0.2, 0) is 11.3 Å². The quantitative estimate of drug-likeness (QED) is 0.554. The van der Waals surface area contributed by atoms with Gasteiger partial charge in [0.05, 0.1) is 17.7 Å². The van der Waals surface area contributed by atoms with Crippen molar-refractivity contribution in [2.75, 3.05) is 18.1 Å². The third-order valence-electron chi connectivity index (χ3n) is 3.75. The molecular formula is C16H20ClN3O2S2. The van der Waals surface area contributed by atoms with Crippen molar-refractivity contribution in [3.63, 3.8) is 0 Å². The molecule has 24 heavy (non-hydrogen) atoms. The summed E-state index contributed by atoms with van der Waals surface area (Å²) >= 11 is 9.51. The van der Waals surface area contributed by atoms with Gasteiger partial charge in [-0.1, -0.05) is 35.5 Å². The first-order chi connectivity index (χ1) is 11.7. The monoisotopic (exact) mass is 385 g/mol. The second-order valence-corrected chi connectivity index (χ2v) is 8.14. The Bertz CT molecular complexity index is 713. The van der Waals surface area contributed by atoms with Crippen LogP contribution >= 0.6 is 35.1 Å². The summed E-state index contributed by atoms with van der Waals surface area (Å²) in [4.78, 5) is 13.0. The number of rotatable bonds is 8. The molecule has 1 aliphatic heterocycles. The number of H-pyrrole nitrogens is 1. The SMILES string of the molecule is O=c1[nH]nc(SCCCSc2ccccc2Cl)n1C[C@H]1CCCO1.